The van der Waals surface area contributed by atoms with Gasteiger partial charge in [-0.25, -0.2) is 15.0 Å². The molecule has 0 aromatic carbocycles. The predicted octanol–water partition coefficient (Wildman–Crippen LogP) is 3.36. The Bertz CT molecular complexity index is 924. The highest BCUT2D eigenvalue weighted by molar-refractivity contribution is 7.21. The summed E-state index contributed by atoms with van der Waals surface area (Å²) in [7, 11) is 0. The molecule has 4 heterocycles. The van der Waals surface area contributed by atoms with Gasteiger partial charge in [0.15, 0.2) is 5.65 Å². The molecule has 0 N–H and O–H groups in total. The first-order valence-electron chi connectivity index (χ1n) is 7.34. The maximum Gasteiger partial charge on any atom is 0.225 e. The number of hydrogen-bond acceptors (Lipinski definition) is 6. The second-order valence-electron chi connectivity index (χ2n) is 5.35. The molecule has 0 saturated carbocycles. The van der Waals surface area contributed by atoms with Crippen molar-refractivity contribution in [2.24, 2.45) is 0 Å². The van der Waals surface area contributed by atoms with Crippen molar-refractivity contribution in [1.29, 1.82) is 5.26 Å². The average Bonchev–Trinajstić information content (AvgIpc) is 3.23. The van der Waals surface area contributed by atoms with Gasteiger partial charge in [-0.1, -0.05) is 0 Å². The summed E-state index contributed by atoms with van der Waals surface area (Å²) in [5.74, 6) is 0.156. The van der Waals surface area contributed by atoms with E-state index in [2.05, 4.69) is 19.9 Å². The minimum atomic E-state index is -0.519. The van der Waals surface area contributed by atoms with Crippen LogP contribution in [0, 0.1) is 17.3 Å². The molecule has 7 heteroatoms. The first kappa shape index (κ1) is 14.0. The minimum Gasteiger partial charge on any atom is -0.357 e. The number of halogens is 1. The van der Waals surface area contributed by atoms with Gasteiger partial charge in [0, 0.05) is 13.1 Å². The Kier molecular flexibility index (Phi) is 3.39. The number of thiazole rings is 1. The lowest BCUT2D eigenvalue weighted by molar-refractivity contribution is 0.586. The number of anilines is 1. The third-order valence-corrected chi connectivity index (χ3v) is 4.91. The zero-order valence-electron chi connectivity index (χ0n) is 12.2. The molecule has 4 rings (SSSR count). The van der Waals surface area contributed by atoms with Crippen molar-refractivity contribution in [1.82, 2.24) is 15.0 Å². The highest BCUT2D eigenvalue weighted by Crippen LogP contribution is 2.32. The number of nitriles is 1. The smallest absolute Gasteiger partial charge is 0.225 e. The van der Waals surface area contributed by atoms with E-state index in [-0.39, 0.29) is 0 Å². The monoisotopic (exact) mass is 325 g/mol. The highest BCUT2D eigenvalue weighted by atomic mass is 32.1. The third-order valence-electron chi connectivity index (χ3n) is 3.86. The predicted molar refractivity (Wildman–Crippen MR) is 86.8 cm³/mol. The lowest BCUT2D eigenvalue weighted by Gasteiger charge is -2.16. The average molecular weight is 325 g/mol. The van der Waals surface area contributed by atoms with E-state index in [1.807, 2.05) is 12.1 Å². The van der Waals surface area contributed by atoms with Crippen molar-refractivity contribution in [3.05, 3.63) is 35.9 Å². The number of aromatic nitrogens is 3. The summed E-state index contributed by atoms with van der Waals surface area (Å²) in [5, 5.41) is 9.42. The van der Waals surface area contributed by atoms with Crippen LogP contribution in [-0.2, 0) is 0 Å². The van der Waals surface area contributed by atoms with Gasteiger partial charge in [-0.3, -0.25) is 0 Å². The molecule has 23 heavy (non-hydrogen) atoms. The summed E-state index contributed by atoms with van der Waals surface area (Å²) in [6.45, 7) is 1.85. The molecule has 0 aliphatic carbocycles. The van der Waals surface area contributed by atoms with Crippen molar-refractivity contribution in [2.75, 3.05) is 18.0 Å². The fraction of sp³-hybridized carbons (Fsp3) is 0.250. The Hall–Kier alpha value is -2.59. The van der Waals surface area contributed by atoms with Crippen LogP contribution in [0.15, 0.2) is 24.3 Å². The second-order valence-corrected chi connectivity index (χ2v) is 6.38. The molecule has 0 radical (unpaired) electrons. The van der Waals surface area contributed by atoms with Crippen molar-refractivity contribution >= 4 is 27.5 Å². The van der Waals surface area contributed by atoms with Gasteiger partial charge in [0.05, 0.1) is 10.3 Å². The quantitative estimate of drug-likeness (QED) is 0.676. The Labute approximate surface area is 136 Å². The molecule has 114 valence electrons. The molecular weight excluding hydrogens is 313 g/mol. The van der Waals surface area contributed by atoms with Crippen LogP contribution in [0.1, 0.15) is 18.5 Å². The van der Waals surface area contributed by atoms with Crippen molar-refractivity contribution in [3.8, 4) is 16.6 Å². The number of nitrogens with zero attached hydrogens (tertiary/aromatic N) is 5. The van der Waals surface area contributed by atoms with Crippen LogP contribution >= 0.6 is 11.3 Å². The zero-order chi connectivity index (χ0) is 15.8. The number of pyridine rings is 2. The molecule has 1 saturated heterocycles. The summed E-state index contributed by atoms with van der Waals surface area (Å²) in [4.78, 5) is 14.7. The van der Waals surface area contributed by atoms with Crippen molar-refractivity contribution < 1.29 is 4.39 Å². The molecule has 0 amide bonds. The first-order chi connectivity index (χ1) is 11.2. The van der Waals surface area contributed by atoms with Gasteiger partial charge < -0.3 is 4.90 Å². The van der Waals surface area contributed by atoms with Gasteiger partial charge in [-0.05, 0) is 37.1 Å². The lowest BCUT2D eigenvalue weighted by Crippen LogP contribution is -2.19. The number of hydrogen-bond donors (Lipinski definition) is 0. The van der Waals surface area contributed by atoms with Crippen LogP contribution < -0.4 is 4.90 Å². The number of rotatable bonds is 2. The van der Waals surface area contributed by atoms with Gasteiger partial charge in [0.2, 0.25) is 5.95 Å². The highest BCUT2D eigenvalue weighted by Gasteiger charge is 2.18. The van der Waals surface area contributed by atoms with E-state index in [0.29, 0.717) is 27.7 Å². The van der Waals surface area contributed by atoms with E-state index < -0.39 is 5.95 Å². The van der Waals surface area contributed by atoms with Gasteiger partial charge in [-0.15, -0.1) is 11.3 Å². The van der Waals surface area contributed by atoms with Crippen LogP contribution in [0.5, 0.6) is 0 Å². The fourth-order valence-corrected chi connectivity index (χ4v) is 3.62. The summed E-state index contributed by atoms with van der Waals surface area (Å²) in [6, 6.07) is 8.96. The minimum absolute atomic E-state index is 0.303. The maximum absolute atomic E-state index is 14.4. The van der Waals surface area contributed by atoms with Gasteiger partial charge in [0.1, 0.15) is 22.6 Å². The van der Waals surface area contributed by atoms with E-state index in [9.17, 15) is 4.39 Å². The Balaban J connectivity index is 1.73. The number of fused-ring (bicyclic) bond motifs is 1. The molecule has 0 atom stereocenters. The van der Waals surface area contributed by atoms with Crippen LogP contribution in [0.3, 0.4) is 0 Å². The summed E-state index contributed by atoms with van der Waals surface area (Å²) < 4.78 is 15.2. The standard InChI is InChI=1S/C16H12FN5S/c17-14-11(4-6-13(20-14)22-7-1-2-8-22)16-21-15-12(23-16)5-3-10(9-18)19-15/h3-6H,1-2,7-8H2. The molecule has 3 aromatic heterocycles. The topological polar surface area (TPSA) is 65.7 Å². The van der Waals surface area contributed by atoms with Crippen LogP contribution in [-0.4, -0.2) is 28.0 Å². The molecule has 0 bridgehead atoms. The van der Waals surface area contributed by atoms with Crippen LogP contribution in [0.25, 0.3) is 20.9 Å². The molecule has 5 nitrogen and oxygen atoms in total. The lowest BCUT2D eigenvalue weighted by atomic mass is 10.3. The van der Waals surface area contributed by atoms with E-state index in [1.165, 1.54) is 11.3 Å². The normalized spacial score (nSPS) is 14.3. The Morgan fingerprint density at radius 1 is 1.09 bits per heavy atom. The molecule has 1 aliphatic heterocycles. The van der Waals surface area contributed by atoms with E-state index >= 15 is 0 Å². The molecular formula is C16H12FN5S. The van der Waals surface area contributed by atoms with Crippen molar-refractivity contribution in [3.63, 3.8) is 0 Å². The third kappa shape index (κ3) is 2.51. The summed E-state index contributed by atoms with van der Waals surface area (Å²) in [6.07, 6.45) is 2.24. The first-order valence-corrected chi connectivity index (χ1v) is 8.16. The van der Waals surface area contributed by atoms with E-state index in [1.54, 1.807) is 18.2 Å². The molecule has 0 unspecified atom stereocenters. The largest absolute Gasteiger partial charge is 0.357 e. The van der Waals surface area contributed by atoms with Crippen LogP contribution in [0.4, 0.5) is 10.2 Å². The Morgan fingerprint density at radius 2 is 1.91 bits per heavy atom. The molecule has 0 spiro atoms. The van der Waals surface area contributed by atoms with Crippen LogP contribution in [0.2, 0.25) is 0 Å². The Morgan fingerprint density at radius 3 is 2.65 bits per heavy atom. The fourth-order valence-electron chi connectivity index (χ4n) is 2.70. The summed E-state index contributed by atoms with van der Waals surface area (Å²) in [5.41, 5.74) is 1.14. The van der Waals surface area contributed by atoms with Gasteiger partial charge in [0.25, 0.3) is 0 Å². The maximum atomic E-state index is 14.4. The van der Waals surface area contributed by atoms with Gasteiger partial charge >= 0.3 is 0 Å². The molecule has 1 aliphatic rings. The second kappa shape index (κ2) is 5.56. The summed E-state index contributed by atoms with van der Waals surface area (Å²) >= 11 is 1.35. The van der Waals surface area contributed by atoms with E-state index in [4.69, 9.17) is 5.26 Å². The van der Waals surface area contributed by atoms with Crippen molar-refractivity contribution in [2.45, 2.75) is 12.8 Å². The molecule has 1 fully saturated rings. The van der Waals surface area contributed by atoms with Gasteiger partial charge in [-0.2, -0.15) is 9.65 Å². The zero-order valence-corrected chi connectivity index (χ0v) is 13.0. The molecule has 3 aromatic rings. The SMILES string of the molecule is N#Cc1ccc2sc(-c3ccc(N4CCCC4)nc3F)nc2n1. The van der Waals surface area contributed by atoms with E-state index in [0.717, 1.165) is 30.6 Å².